The Morgan fingerprint density at radius 2 is 1.77 bits per heavy atom. The number of rotatable bonds is 8. The fraction of sp³-hybridized carbons (Fsp3) is 0.400. The van der Waals surface area contributed by atoms with E-state index in [-0.39, 0.29) is 0 Å². The zero-order valence-electron chi connectivity index (χ0n) is 13.9. The molecule has 0 heterocycles. The predicted octanol–water partition coefficient (Wildman–Crippen LogP) is 5.02. The maximum Gasteiger partial charge on any atom is 0.119 e. The van der Waals surface area contributed by atoms with E-state index in [1.54, 1.807) is 0 Å². The van der Waals surface area contributed by atoms with Crippen molar-refractivity contribution < 1.29 is 4.74 Å². The van der Waals surface area contributed by atoms with Crippen molar-refractivity contribution in [1.29, 1.82) is 0 Å². The second-order valence-corrected chi connectivity index (χ2v) is 5.80. The SMILES string of the molecule is CCCCOc1ccc(C(C)NCc2ccccc2C)cc1. The second kappa shape index (κ2) is 8.60. The lowest BCUT2D eigenvalue weighted by atomic mass is 10.1. The molecule has 0 aromatic heterocycles. The van der Waals surface area contributed by atoms with Crippen molar-refractivity contribution in [3.05, 3.63) is 65.2 Å². The van der Waals surface area contributed by atoms with E-state index in [9.17, 15) is 0 Å². The van der Waals surface area contributed by atoms with Gasteiger partial charge in [0.05, 0.1) is 6.61 Å². The summed E-state index contributed by atoms with van der Waals surface area (Å²) in [5.41, 5.74) is 3.98. The molecule has 0 bridgehead atoms. The molecule has 0 saturated heterocycles. The molecule has 0 fully saturated rings. The Bertz CT molecular complexity index is 562. The number of hydrogen-bond acceptors (Lipinski definition) is 2. The molecular weight excluding hydrogens is 270 g/mol. The summed E-state index contributed by atoms with van der Waals surface area (Å²) in [6.07, 6.45) is 2.27. The average Bonchev–Trinajstić information content (AvgIpc) is 2.55. The monoisotopic (exact) mass is 297 g/mol. The molecule has 1 unspecified atom stereocenters. The fourth-order valence-electron chi connectivity index (χ4n) is 2.38. The van der Waals surface area contributed by atoms with Gasteiger partial charge in [0, 0.05) is 12.6 Å². The van der Waals surface area contributed by atoms with Gasteiger partial charge in [-0.2, -0.15) is 0 Å². The van der Waals surface area contributed by atoms with Crippen LogP contribution in [0.3, 0.4) is 0 Å². The third kappa shape index (κ3) is 4.88. The van der Waals surface area contributed by atoms with Crippen LogP contribution in [0.15, 0.2) is 48.5 Å². The van der Waals surface area contributed by atoms with Crippen molar-refractivity contribution in [3.8, 4) is 5.75 Å². The van der Waals surface area contributed by atoms with Crippen LogP contribution in [0.4, 0.5) is 0 Å². The van der Waals surface area contributed by atoms with Crippen LogP contribution in [-0.4, -0.2) is 6.61 Å². The molecule has 0 spiro atoms. The average molecular weight is 297 g/mol. The van der Waals surface area contributed by atoms with E-state index in [2.05, 4.69) is 74.6 Å². The fourth-order valence-corrected chi connectivity index (χ4v) is 2.38. The number of unbranched alkanes of at least 4 members (excludes halogenated alkanes) is 1. The van der Waals surface area contributed by atoms with Crippen molar-refractivity contribution in [3.63, 3.8) is 0 Å². The number of hydrogen-bond donors (Lipinski definition) is 1. The van der Waals surface area contributed by atoms with Crippen LogP contribution in [0.5, 0.6) is 5.75 Å². The number of aryl methyl sites for hydroxylation is 1. The van der Waals surface area contributed by atoms with Crippen LogP contribution in [-0.2, 0) is 6.54 Å². The minimum atomic E-state index is 0.323. The lowest BCUT2D eigenvalue weighted by Crippen LogP contribution is -2.18. The summed E-state index contributed by atoms with van der Waals surface area (Å²) in [6, 6.07) is 17.3. The van der Waals surface area contributed by atoms with E-state index >= 15 is 0 Å². The van der Waals surface area contributed by atoms with Crippen LogP contribution in [0, 0.1) is 6.92 Å². The molecule has 0 aliphatic heterocycles. The molecule has 2 nitrogen and oxygen atoms in total. The maximum atomic E-state index is 5.71. The molecule has 2 aromatic carbocycles. The highest BCUT2D eigenvalue weighted by molar-refractivity contribution is 5.29. The molecule has 2 rings (SSSR count). The topological polar surface area (TPSA) is 21.3 Å². The first kappa shape index (κ1) is 16.6. The van der Waals surface area contributed by atoms with Gasteiger partial charge in [0.25, 0.3) is 0 Å². The highest BCUT2D eigenvalue weighted by Crippen LogP contribution is 2.18. The zero-order chi connectivity index (χ0) is 15.8. The Labute approximate surface area is 134 Å². The number of benzene rings is 2. The summed E-state index contributed by atoms with van der Waals surface area (Å²) in [7, 11) is 0. The van der Waals surface area contributed by atoms with Gasteiger partial charge >= 0.3 is 0 Å². The van der Waals surface area contributed by atoms with Crippen molar-refractivity contribution in [2.45, 2.75) is 46.2 Å². The van der Waals surface area contributed by atoms with Gasteiger partial charge in [-0.05, 0) is 49.1 Å². The Morgan fingerprint density at radius 1 is 1.05 bits per heavy atom. The first-order chi connectivity index (χ1) is 10.7. The van der Waals surface area contributed by atoms with Gasteiger partial charge in [0.15, 0.2) is 0 Å². The lowest BCUT2D eigenvalue weighted by molar-refractivity contribution is 0.309. The predicted molar refractivity (Wildman–Crippen MR) is 93.3 cm³/mol. The molecular formula is C20H27NO. The van der Waals surface area contributed by atoms with Gasteiger partial charge in [-0.3, -0.25) is 0 Å². The molecule has 118 valence electrons. The van der Waals surface area contributed by atoms with E-state index in [0.717, 1.165) is 31.7 Å². The van der Waals surface area contributed by atoms with Crippen molar-refractivity contribution >= 4 is 0 Å². The lowest BCUT2D eigenvalue weighted by Gasteiger charge is -2.16. The van der Waals surface area contributed by atoms with Crippen LogP contribution in [0.1, 0.15) is 49.4 Å². The largest absolute Gasteiger partial charge is 0.494 e. The Kier molecular flexibility index (Phi) is 6.47. The molecule has 2 aromatic rings. The molecule has 0 aliphatic rings. The van der Waals surface area contributed by atoms with E-state index in [1.807, 2.05) is 0 Å². The summed E-state index contributed by atoms with van der Waals surface area (Å²) >= 11 is 0. The standard InChI is InChI=1S/C20H27NO/c1-4-5-14-22-20-12-10-18(11-13-20)17(3)21-15-19-9-7-6-8-16(19)2/h6-13,17,21H,4-5,14-15H2,1-3H3. The molecule has 1 N–H and O–H groups in total. The molecule has 1 atom stereocenters. The van der Waals surface area contributed by atoms with E-state index < -0.39 is 0 Å². The first-order valence-electron chi connectivity index (χ1n) is 8.21. The third-order valence-corrected chi connectivity index (χ3v) is 4.01. The van der Waals surface area contributed by atoms with Gasteiger partial charge in [-0.1, -0.05) is 49.7 Å². The van der Waals surface area contributed by atoms with Gasteiger partial charge in [0.2, 0.25) is 0 Å². The quantitative estimate of drug-likeness (QED) is 0.690. The van der Waals surface area contributed by atoms with E-state index in [0.29, 0.717) is 6.04 Å². The van der Waals surface area contributed by atoms with Crippen LogP contribution >= 0.6 is 0 Å². The summed E-state index contributed by atoms with van der Waals surface area (Å²) in [5, 5.41) is 3.59. The van der Waals surface area contributed by atoms with Crippen molar-refractivity contribution in [1.82, 2.24) is 5.32 Å². The molecule has 0 radical (unpaired) electrons. The molecule has 22 heavy (non-hydrogen) atoms. The summed E-state index contributed by atoms with van der Waals surface area (Å²) in [4.78, 5) is 0. The minimum Gasteiger partial charge on any atom is -0.494 e. The van der Waals surface area contributed by atoms with E-state index in [1.165, 1.54) is 16.7 Å². The third-order valence-electron chi connectivity index (χ3n) is 4.01. The maximum absolute atomic E-state index is 5.71. The summed E-state index contributed by atoms with van der Waals surface area (Å²) < 4.78 is 5.71. The van der Waals surface area contributed by atoms with Crippen LogP contribution in [0.2, 0.25) is 0 Å². The van der Waals surface area contributed by atoms with Gasteiger partial charge in [-0.25, -0.2) is 0 Å². The van der Waals surface area contributed by atoms with Crippen molar-refractivity contribution in [2.24, 2.45) is 0 Å². The molecule has 0 aliphatic carbocycles. The Balaban J connectivity index is 1.87. The minimum absolute atomic E-state index is 0.323. The molecule has 0 amide bonds. The highest BCUT2D eigenvalue weighted by Gasteiger charge is 2.06. The van der Waals surface area contributed by atoms with Gasteiger partial charge in [0.1, 0.15) is 5.75 Å². The van der Waals surface area contributed by atoms with Crippen LogP contribution < -0.4 is 10.1 Å². The summed E-state index contributed by atoms with van der Waals surface area (Å²) in [5.74, 6) is 0.961. The van der Waals surface area contributed by atoms with Crippen molar-refractivity contribution in [2.75, 3.05) is 6.61 Å². The smallest absolute Gasteiger partial charge is 0.119 e. The molecule has 0 saturated carbocycles. The Morgan fingerprint density at radius 3 is 2.45 bits per heavy atom. The second-order valence-electron chi connectivity index (χ2n) is 5.80. The van der Waals surface area contributed by atoms with E-state index in [4.69, 9.17) is 4.74 Å². The first-order valence-corrected chi connectivity index (χ1v) is 8.21. The zero-order valence-corrected chi connectivity index (χ0v) is 13.9. The summed E-state index contributed by atoms with van der Waals surface area (Å²) in [6.45, 7) is 8.23. The van der Waals surface area contributed by atoms with Gasteiger partial charge in [-0.15, -0.1) is 0 Å². The van der Waals surface area contributed by atoms with Crippen LogP contribution in [0.25, 0.3) is 0 Å². The number of nitrogens with one attached hydrogen (secondary N) is 1. The Hall–Kier alpha value is -1.80. The highest BCUT2D eigenvalue weighted by atomic mass is 16.5. The molecule has 2 heteroatoms. The number of ether oxygens (including phenoxy) is 1. The normalized spacial score (nSPS) is 12.1. The van der Waals surface area contributed by atoms with Gasteiger partial charge < -0.3 is 10.1 Å².